The van der Waals surface area contributed by atoms with Crippen molar-refractivity contribution < 1.29 is 23.4 Å². The molecule has 3 N–H and O–H groups in total. The Hall–Kier alpha value is -2.59. The Kier molecular flexibility index (Phi) is 6.19. The van der Waals surface area contributed by atoms with Crippen LogP contribution in [0.1, 0.15) is 19.3 Å². The van der Waals surface area contributed by atoms with Crippen LogP contribution >= 0.6 is 0 Å². The van der Waals surface area contributed by atoms with E-state index in [2.05, 4.69) is 10.3 Å². The second kappa shape index (κ2) is 8.88. The van der Waals surface area contributed by atoms with Gasteiger partial charge in [0.2, 0.25) is 15.0 Å². The van der Waals surface area contributed by atoms with E-state index in [0.29, 0.717) is 17.5 Å². The van der Waals surface area contributed by atoms with E-state index in [1.165, 1.54) is 4.57 Å². The number of aliphatic hydroxyl groups excluding tert-OH is 2. The van der Waals surface area contributed by atoms with Crippen molar-refractivity contribution in [2.24, 2.45) is 0 Å². The number of Topliss-reactive ketones (excluding diaryl/α,β-unsaturated/α-hetero) is 1. The Bertz CT molecular complexity index is 1190. The van der Waals surface area contributed by atoms with E-state index >= 15 is 0 Å². The standard InChI is InChI=1S/C22H25N3O5S/c26-14-31(29,30)22-24-18-11-16(15-5-2-1-3-6-15)8-9-20(18)25(22)13-17(27)12-19-21(28)7-4-10-23-19/h1-3,5-6,8-9,11,19,21,23,26,28H,4,7,10,12-14H2/t19-,21+/m1/s1. The average Bonchev–Trinajstić information content (AvgIpc) is 3.14. The predicted molar refractivity (Wildman–Crippen MR) is 116 cm³/mol. The molecule has 1 aliphatic heterocycles. The number of hydrogen-bond acceptors (Lipinski definition) is 7. The number of nitrogens with zero attached hydrogens (tertiary/aromatic N) is 2. The Morgan fingerprint density at radius 2 is 1.94 bits per heavy atom. The van der Waals surface area contributed by atoms with Gasteiger partial charge in [0.15, 0.2) is 11.7 Å². The van der Waals surface area contributed by atoms with Gasteiger partial charge < -0.3 is 20.1 Å². The second-order valence-electron chi connectivity index (χ2n) is 7.81. The van der Waals surface area contributed by atoms with Gasteiger partial charge in [-0.3, -0.25) is 4.79 Å². The van der Waals surface area contributed by atoms with Gasteiger partial charge in [-0.05, 0) is 42.6 Å². The summed E-state index contributed by atoms with van der Waals surface area (Å²) in [6, 6.07) is 14.6. The molecule has 4 rings (SSSR count). The van der Waals surface area contributed by atoms with Crippen LogP contribution in [0.2, 0.25) is 0 Å². The van der Waals surface area contributed by atoms with Crippen LogP contribution in [-0.2, 0) is 21.2 Å². The van der Waals surface area contributed by atoms with E-state index in [9.17, 15) is 23.4 Å². The summed E-state index contributed by atoms with van der Waals surface area (Å²) in [5.41, 5.74) is 2.75. The van der Waals surface area contributed by atoms with Crippen molar-refractivity contribution in [3.63, 3.8) is 0 Å². The first kappa shape index (κ1) is 21.6. The van der Waals surface area contributed by atoms with Crippen LogP contribution in [0.5, 0.6) is 0 Å². The maximum Gasteiger partial charge on any atom is 0.235 e. The van der Waals surface area contributed by atoms with Crippen molar-refractivity contribution in [3.05, 3.63) is 48.5 Å². The first-order chi connectivity index (χ1) is 14.9. The predicted octanol–water partition coefficient (Wildman–Crippen LogP) is 1.50. The number of aliphatic hydroxyl groups is 2. The van der Waals surface area contributed by atoms with Crippen molar-refractivity contribution in [2.45, 2.75) is 43.1 Å². The third-order valence-electron chi connectivity index (χ3n) is 5.60. The highest BCUT2D eigenvalue weighted by molar-refractivity contribution is 7.91. The number of aromatic nitrogens is 2. The molecule has 9 heteroatoms. The summed E-state index contributed by atoms with van der Waals surface area (Å²) in [5.74, 6) is -1.32. The number of sulfone groups is 1. The van der Waals surface area contributed by atoms with Gasteiger partial charge in [0.05, 0.1) is 23.7 Å². The molecular formula is C22H25N3O5S. The third kappa shape index (κ3) is 4.54. The Labute approximate surface area is 180 Å². The summed E-state index contributed by atoms with van der Waals surface area (Å²) >= 11 is 0. The molecule has 0 saturated carbocycles. The normalized spacial score (nSPS) is 19.5. The molecule has 0 bridgehead atoms. The van der Waals surface area contributed by atoms with Crippen LogP contribution in [0.4, 0.5) is 0 Å². The Morgan fingerprint density at radius 1 is 1.16 bits per heavy atom. The number of imidazole rings is 1. The van der Waals surface area contributed by atoms with Crippen molar-refractivity contribution in [1.29, 1.82) is 0 Å². The number of carbonyl (C=O) groups is 1. The Morgan fingerprint density at radius 3 is 2.65 bits per heavy atom. The quantitative estimate of drug-likeness (QED) is 0.506. The first-order valence-electron chi connectivity index (χ1n) is 10.2. The van der Waals surface area contributed by atoms with Gasteiger partial charge in [0.1, 0.15) is 0 Å². The third-order valence-corrected chi connectivity index (χ3v) is 6.81. The molecule has 1 fully saturated rings. The van der Waals surface area contributed by atoms with Crippen LogP contribution in [0.3, 0.4) is 0 Å². The van der Waals surface area contributed by atoms with Crippen molar-refractivity contribution in [3.8, 4) is 11.1 Å². The molecule has 0 aliphatic carbocycles. The summed E-state index contributed by atoms with van der Waals surface area (Å²) in [7, 11) is -4.07. The molecule has 8 nitrogen and oxygen atoms in total. The SMILES string of the molecule is O=C(C[C@H]1NCCC[C@@H]1O)Cn1c(S(=O)(=O)CO)nc2cc(-c3ccccc3)ccc21. The van der Waals surface area contributed by atoms with E-state index in [0.717, 1.165) is 24.1 Å². The highest BCUT2D eigenvalue weighted by Gasteiger charge is 2.28. The lowest BCUT2D eigenvalue weighted by molar-refractivity contribution is -0.121. The van der Waals surface area contributed by atoms with Crippen molar-refractivity contribution in [2.75, 3.05) is 12.5 Å². The second-order valence-corrected chi connectivity index (χ2v) is 9.66. The molecule has 31 heavy (non-hydrogen) atoms. The number of hydrogen-bond donors (Lipinski definition) is 3. The lowest BCUT2D eigenvalue weighted by Gasteiger charge is -2.28. The van der Waals surface area contributed by atoms with Gasteiger partial charge >= 0.3 is 0 Å². The molecule has 1 aromatic heterocycles. The molecule has 3 aromatic rings. The minimum Gasteiger partial charge on any atom is -0.391 e. The van der Waals surface area contributed by atoms with Gasteiger partial charge in [-0.1, -0.05) is 36.4 Å². The van der Waals surface area contributed by atoms with Gasteiger partial charge in [0, 0.05) is 12.5 Å². The van der Waals surface area contributed by atoms with Gasteiger partial charge in [-0.25, -0.2) is 13.4 Å². The number of rotatable bonds is 7. The molecule has 0 radical (unpaired) electrons. The molecule has 1 aliphatic rings. The summed E-state index contributed by atoms with van der Waals surface area (Å²) in [6.45, 7) is 0.524. The number of fused-ring (bicyclic) bond motifs is 1. The summed E-state index contributed by atoms with van der Waals surface area (Å²) < 4.78 is 26.3. The molecule has 0 unspecified atom stereocenters. The molecule has 164 valence electrons. The van der Waals surface area contributed by atoms with Gasteiger partial charge in [0.25, 0.3) is 0 Å². The van der Waals surface area contributed by atoms with E-state index in [1.807, 2.05) is 36.4 Å². The lowest BCUT2D eigenvalue weighted by atomic mass is 9.97. The molecule has 2 atom stereocenters. The fourth-order valence-electron chi connectivity index (χ4n) is 4.00. The molecule has 0 amide bonds. The number of benzene rings is 2. The molecule has 0 spiro atoms. The lowest BCUT2D eigenvalue weighted by Crippen LogP contribution is -2.46. The number of carbonyl (C=O) groups excluding carboxylic acids is 1. The van der Waals surface area contributed by atoms with Crippen LogP contribution < -0.4 is 5.32 Å². The highest BCUT2D eigenvalue weighted by atomic mass is 32.2. The minimum atomic E-state index is -4.07. The van der Waals surface area contributed by atoms with E-state index in [-0.39, 0.29) is 29.9 Å². The van der Waals surface area contributed by atoms with Crippen LogP contribution in [0, 0.1) is 0 Å². The van der Waals surface area contributed by atoms with E-state index < -0.39 is 21.9 Å². The maximum atomic E-state index is 12.8. The minimum absolute atomic E-state index is 0.0849. The average molecular weight is 444 g/mol. The molecular weight excluding hydrogens is 418 g/mol. The smallest absolute Gasteiger partial charge is 0.235 e. The summed E-state index contributed by atoms with van der Waals surface area (Å²) in [4.78, 5) is 17.0. The number of ketones is 1. The van der Waals surface area contributed by atoms with Gasteiger partial charge in [-0.2, -0.15) is 0 Å². The maximum absolute atomic E-state index is 12.8. The summed E-state index contributed by atoms with van der Waals surface area (Å²) in [6.07, 6.45) is 0.958. The van der Waals surface area contributed by atoms with Crippen LogP contribution in [0.25, 0.3) is 22.2 Å². The zero-order valence-electron chi connectivity index (χ0n) is 16.9. The molecule has 1 saturated heterocycles. The summed E-state index contributed by atoms with van der Waals surface area (Å²) in [5, 5.41) is 22.3. The van der Waals surface area contributed by atoms with E-state index in [4.69, 9.17) is 0 Å². The molecule has 2 aromatic carbocycles. The number of nitrogens with one attached hydrogen (secondary N) is 1. The fourth-order valence-corrected chi connectivity index (χ4v) is 4.85. The fraction of sp³-hybridized carbons (Fsp3) is 0.364. The molecule has 2 heterocycles. The zero-order chi connectivity index (χ0) is 22.0. The zero-order valence-corrected chi connectivity index (χ0v) is 17.8. The highest BCUT2D eigenvalue weighted by Crippen LogP contribution is 2.27. The first-order valence-corrected chi connectivity index (χ1v) is 11.9. The number of piperidine rings is 1. The largest absolute Gasteiger partial charge is 0.391 e. The Balaban J connectivity index is 1.70. The van der Waals surface area contributed by atoms with Gasteiger partial charge in [-0.15, -0.1) is 0 Å². The van der Waals surface area contributed by atoms with Crippen molar-refractivity contribution >= 4 is 26.7 Å². The van der Waals surface area contributed by atoms with E-state index in [1.54, 1.807) is 12.1 Å². The monoisotopic (exact) mass is 443 g/mol. The van der Waals surface area contributed by atoms with Crippen molar-refractivity contribution in [1.82, 2.24) is 14.9 Å². The van der Waals surface area contributed by atoms with Crippen LogP contribution in [-0.4, -0.2) is 58.6 Å². The topological polar surface area (TPSA) is 122 Å². The van der Waals surface area contributed by atoms with Crippen LogP contribution in [0.15, 0.2) is 53.7 Å².